The summed E-state index contributed by atoms with van der Waals surface area (Å²) in [5, 5.41) is 0. The summed E-state index contributed by atoms with van der Waals surface area (Å²) in [6.45, 7) is 0.149. The molecule has 1 aliphatic heterocycles. The first-order chi connectivity index (χ1) is 27.0. The predicted molar refractivity (Wildman–Crippen MR) is 222 cm³/mol. The maximum Gasteiger partial charge on any atom is 0.330 e. The third-order valence-corrected chi connectivity index (χ3v) is 11.8. The maximum atomic E-state index is 13.6. The van der Waals surface area contributed by atoms with Crippen molar-refractivity contribution in [1.29, 1.82) is 0 Å². The normalized spacial score (nSPS) is 18.6. The standard InChI is InChI=1S/C47H39IN2O5/c48-42-40(33-53-46(34-19-7-1-8-20-34,35-21-9-2-10-22-35)36-23-11-3-12-24-36)54-44(50-32-31-41(51)49-45(50)52)43(42)55-47(37-25-13-4-14-26-37,38-27-15-5-16-28-38)39-29-17-6-18-30-39/h1-32,40,42-44H,33H2,(H,49,51,52)/t40-,42-,43-,44-/m1/s1. The van der Waals surface area contributed by atoms with Crippen molar-refractivity contribution in [3.63, 3.8) is 0 Å². The summed E-state index contributed by atoms with van der Waals surface area (Å²) in [5.74, 6) is 0. The average molecular weight is 839 g/mol. The number of aromatic amines is 1. The highest BCUT2D eigenvalue weighted by molar-refractivity contribution is 14.1. The number of ether oxygens (including phenoxy) is 3. The van der Waals surface area contributed by atoms with E-state index in [2.05, 4.69) is 100 Å². The molecular weight excluding hydrogens is 799 g/mol. The molecule has 6 aromatic carbocycles. The third-order valence-electron chi connectivity index (χ3n) is 10.2. The van der Waals surface area contributed by atoms with Crippen LogP contribution in [0.1, 0.15) is 39.6 Å². The van der Waals surface area contributed by atoms with Crippen molar-refractivity contribution >= 4 is 22.6 Å². The lowest BCUT2D eigenvalue weighted by molar-refractivity contribution is -0.119. The molecule has 8 rings (SSSR count). The Hall–Kier alpha value is -5.39. The molecule has 0 aliphatic carbocycles. The molecule has 8 heteroatoms. The van der Waals surface area contributed by atoms with Crippen molar-refractivity contribution in [2.45, 2.75) is 33.6 Å². The molecule has 7 aromatic rings. The van der Waals surface area contributed by atoms with Crippen molar-refractivity contribution < 1.29 is 14.2 Å². The molecule has 1 saturated heterocycles. The lowest BCUT2D eigenvalue weighted by Crippen LogP contribution is -2.44. The van der Waals surface area contributed by atoms with E-state index in [-0.39, 0.29) is 10.5 Å². The van der Waals surface area contributed by atoms with Gasteiger partial charge < -0.3 is 14.2 Å². The number of rotatable bonds is 12. The minimum Gasteiger partial charge on any atom is -0.358 e. The van der Waals surface area contributed by atoms with Gasteiger partial charge in [-0.1, -0.05) is 205 Å². The molecular formula is C47H39IN2O5. The average Bonchev–Trinajstić information content (AvgIpc) is 3.55. The van der Waals surface area contributed by atoms with Crippen molar-refractivity contribution in [3.8, 4) is 0 Å². The first-order valence-electron chi connectivity index (χ1n) is 18.3. The highest BCUT2D eigenvalue weighted by atomic mass is 127. The lowest BCUT2D eigenvalue weighted by Gasteiger charge is -2.40. The number of hydrogen-bond acceptors (Lipinski definition) is 5. The van der Waals surface area contributed by atoms with Crippen molar-refractivity contribution in [1.82, 2.24) is 9.55 Å². The van der Waals surface area contributed by atoms with Crippen LogP contribution in [0, 0.1) is 0 Å². The highest BCUT2D eigenvalue weighted by Gasteiger charge is 2.52. The van der Waals surface area contributed by atoms with Crippen molar-refractivity contribution in [2.75, 3.05) is 6.61 Å². The van der Waals surface area contributed by atoms with Gasteiger partial charge in [-0.3, -0.25) is 14.3 Å². The Bertz CT molecular complexity index is 2220. The number of nitrogens with one attached hydrogen (secondary N) is 1. The van der Waals surface area contributed by atoms with E-state index in [4.69, 9.17) is 14.2 Å². The Kier molecular flexibility index (Phi) is 10.7. The first-order valence-corrected chi connectivity index (χ1v) is 19.5. The van der Waals surface area contributed by atoms with E-state index in [1.807, 2.05) is 109 Å². The fraction of sp³-hybridized carbons (Fsp3) is 0.149. The number of benzene rings is 6. The second kappa shape index (κ2) is 16.1. The van der Waals surface area contributed by atoms with E-state index < -0.39 is 40.9 Å². The van der Waals surface area contributed by atoms with Crippen LogP contribution in [0.15, 0.2) is 204 Å². The van der Waals surface area contributed by atoms with Crippen LogP contribution in [0.3, 0.4) is 0 Å². The maximum absolute atomic E-state index is 13.6. The van der Waals surface area contributed by atoms with Gasteiger partial charge in [0.05, 0.1) is 16.6 Å². The highest BCUT2D eigenvalue weighted by Crippen LogP contribution is 2.48. The molecule has 55 heavy (non-hydrogen) atoms. The zero-order valence-corrected chi connectivity index (χ0v) is 32.0. The predicted octanol–water partition coefficient (Wildman–Crippen LogP) is 8.62. The number of H-pyrrole nitrogens is 1. The molecule has 7 nitrogen and oxygen atoms in total. The molecule has 0 saturated carbocycles. The quantitative estimate of drug-likeness (QED) is 0.0758. The Morgan fingerprint density at radius 1 is 0.545 bits per heavy atom. The van der Waals surface area contributed by atoms with Crippen LogP contribution in [0.2, 0.25) is 0 Å². The van der Waals surface area contributed by atoms with Gasteiger partial charge in [0, 0.05) is 12.3 Å². The van der Waals surface area contributed by atoms with Gasteiger partial charge in [0.15, 0.2) is 6.23 Å². The number of hydrogen-bond donors (Lipinski definition) is 1. The smallest absolute Gasteiger partial charge is 0.330 e. The molecule has 0 radical (unpaired) electrons. The first kappa shape index (κ1) is 36.6. The summed E-state index contributed by atoms with van der Waals surface area (Å²) in [6.07, 6.45) is -0.704. The van der Waals surface area contributed by atoms with Crippen LogP contribution in [0.4, 0.5) is 0 Å². The van der Waals surface area contributed by atoms with Crippen LogP contribution in [0.5, 0.6) is 0 Å². The minimum absolute atomic E-state index is 0.149. The van der Waals surface area contributed by atoms with Gasteiger partial charge in [0.1, 0.15) is 17.3 Å². The number of halogens is 1. The topological polar surface area (TPSA) is 82.5 Å². The molecule has 1 fully saturated rings. The molecule has 0 unspecified atom stereocenters. The van der Waals surface area contributed by atoms with Crippen LogP contribution >= 0.6 is 22.6 Å². The van der Waals surface area contributed by atoms with E-state index in [1.54, 1.807) is 0 Å². The number of aromatic nitrogens is 2. The van der Waals surface area contributed by atoms with Gasteiger partial charge in [-0.05, 0) is 33.4 Å². The van der Waals surface area contributed by atoms with E-state index in [1.165, 1.54) is 16.8 Å². The molecule has 1 aliphatic rings. The summed E-state index contributed by atoms with van der Waals surface area (Å²) < 4.78 is 22.9. The fourth-order valence-electron chi connectivity index (χ4n) is 7.71. The van der Waals surface area contributed by atoms with Gasteiger partial charge in [0.2, 0.25) is 0 Å². The Morgan fingerprint density at radius 3 is 1.27 bits per heavy atom. The second-order valence-corrected chi connectivity index (χ2v) is 14.9. The second-order valence-electron chi connectivity index (χ2n) is 13.5. The van der Waals surface area contributed by atoms with E-state index in [0.717, 1.165) is 33.4 Å². The molecule has 1 N–H and O–H groups in total. The number of nitrogens with zero attached hydrogens (tertiary/aromatic N) is 1. The summed E-state index contributed by atoms with van der Waals surface area (Å²) in [5.41, 5.74) is 2.46. The van der Waals surface area contributed by atoms with Gasteiger partial charge in [0.25, 0.3) is 5.56 Å². The molecule has 274 valence electrons. The van der Waals surface area contributed by atoms with Gasteiger partial charge in [-0.25, -0.2) is 4.79 Å². The van der Waals surface area contributed by atoms with E-state index in [9.17, 15) is 9.59 Å². The van der Waals surface area contributed by atoms with Gasteiger partial charge in [-0.2, -0.15) is 0 Å². The fourth-order valence-corrected chi connectivity index (χ4v) is 8.59. The molecule has 1 aromatic heterocycles. The van der Waals surface area contributed by atoms with E-state index >= 15 is 0 Å². The molecule has 0 spiro atoms. The zero-order valence-electron chi connectivity index (χ0n) is 29.9. The Morgan fingerprint density at radius 2 is 0.909 bits per heavy atom. The van der Waals surface area contributed by atoms with Gasteiger partial charge >= 0.3 is 5.69 Å². The van der Waals surface area contributed by atoms with Gasteiger partial charge in [-0.15, -0.1) is 0 Å². The number of alkyl halides is 1. The molecule has 0 amide bonds. The summed E-state index contributed by atoms with van der Waals surface area (Å²) in [4.78, 5) is 28.3. The summed E-state index contributed by atoms with van der Waals surface area (Å²) in [7, 11) is 0. The van der Waals surface area contributed by atoms with Crippen molar-refractivity contribution in [2.24, 2.45) is 0 Å². The van der Waals surface area contributed by atoms with Crippen LogP contribution in [-0.4, -0.2) is 32.3 Å². The molecule has 0 bridgehead atoms. The summed E-state index contributed by atoms with van der Waals surface area (Å²) >= 11 is 2.39. The monoisotopic (exact) mass is 838 g/mol. The Balaban J connectivity index is 1.26. The van der Waals surface area contributed by atoms with Crippen LogP contribution < -0.4 is 11.2 Å². The zero-order chi connectivity index (χ0) is 37.7. The minimum atomic E-state index is -1.11. The third kappa shape index (κ3) is 7.02. The van der Waals surface area contributed by atoms with E-state index in [0.29, 0.717) is 0 Å². The van der Waals surface area contributed by atoms with Crippen molar-refractivity contribution in [3.05, 3.63) is 248 Å². The van der Waals surface area contributed by atoms with Crippen LogP contribution in [0.25, 0.3) is 0 Å². The Labute approximate surface area is 333 Å². The summed E-state index contributed by atoms with van der Waals surface area (Å²) in [6, 6.07) is 62.3. The largest absolute Gasteiger partial charge is 0.358 e. The lowest BCUT2D eigenvalue weighted by atomic mass is 9.79. The SMILES string of the molecule is O=c1ccn([C@@H]2O[C@H](COC(c3ccccc3)(c3ccccc3)c3ccccc3)[C@@H](I)[C@H]2OC(c2ccccc2)(c2ccccc2)c2ccccc2)c(=O)[nH]1. The molecule has 2 heterocycles. The van der Waals surface area contributed by atoms with Crippen LogP contribution in [-0.2, 0) is 25.4 Å². The molecule has 4 atom stereocenters.